The maximum Gasteiger partial charge on any atom is 0.312 e. The molecule has 0 heterocycles. The largest absolute Gasteiger partial charge is 0.465 e. The molecule has 0 saturated heterocycles. The summed E-state index contributed by atoms with van der Waals surface area (Å²) in [6.07, 6.45) is 1.20. The summed E-state index contributed by atoms with van der Waals surface area (Å²) in [4.78, 5) is 12.9. The Labute approximate surface area is 168 Å². The van der Waals surface area contributed by atoms with E-state index in [1.165, 1.54) is 0 Å². The zero-order chi connectivity index (χ0) is 21.7. The second-order valence-corrected chi connectivity index (χ2v) is 11.5. The Bertz CT molecular complexity index is 448. The van der Waals surface area contributed by atoms with Crippen LogP contribution in [-0.2, 0) is 19.0 Å². The zero-order valence-corrected chi connectivity index (χ0v) is 20.1. The van der Waals surface area contributed by atoms with E-state index in [0.717, 1.165) is 6.42 Å². The molecule has 162 valence electrons. The van der Waals surface area contributed by atoms with Gasteiger partial charge in [-0.1, -0.05) is 55.4 Å². The van der Waals surface area contributed by atoms with E-state index >= 15 is 0 Å². The lowest BCUT2D eigenvalue weighted by molar-refractivity contribution is -0.215. The summed E-state index contributed by atoms with van der Waals surface area (Å²) in [5.74, 6) is 0.152. The van der Waals surface area contributed by atoms with Gasteiger partial charge in [-0.3, -0.25) is 4.79 Å². The van der Waals surface area contributed by atoms with Crippen molar-refractivity contribution in [1.29, 1.82) is 0 Å². The molecule has 0 N–H and O–H groups in total. The normalized spacial score (nSPS) is 16.9. The fraction of sp³-hybridized carbons (Fsp3) is 0.957. The van der Waals surface area contributed by atoms with Crippen molar-refractivity contribution in [3.05, 3.63) is 0 Å². The fourth-order valence-electron chi connectivity index (χ4n) is 3.00. The first-order chi connectivity index (χ1) is 11.9. The number of hydrogen-bond acceptors (Lipinski definition) is 4. The predicted molar refractivity (Wildman–Crippen MR) is 113 cm³/mol. The van der Waals surface area contributed by atoms with Crippen LogP contribution < -0.4 is 0 Å². The molecule has 0 radical (unpaired) electrons. The van der Waals surface area contributed by atoms with Gasteiger partial charge in [0.1, 0.15) is 0 Å². The van der Waals surface area contributed by atoms with Crippen LogP contribution in [0.4, 0.5) is 0 Å². The van der Waals surface area contributed by atoms with E-state index < -0.39 is 5.41 Å². The van der Waals surface area contributed by atoms with Crippen LogP contribution in [0, 0.1) is 22.2 Å². The molecule has 0 spiro atoms. The molecule has 0 aromatic heterocycles. The molecule has 0 aliphatic rings. The molecule has 0 aromatic rings. The van der Waals surface area contributed by atoms with Crippen molar-refractivity contribution in [3.63, 3.8) is 0 Å². The molecular weight excluding hydrogens is 340 g/mol. The Kier molecular flexibility index (Phi) is 9.51. The molecule has 4 heteroatoms. The standard InChI is InChI=1S/C23H46O4/c1-17(2)18(27-22(9,10)11)25-14-13-15-26-19(24)23(12,21(6,7)8)16-20(3,4)5/h17-18H,13-16H2,1-12H3. The van der Waals surface area contributed by atoms with Gasteiger partial charge in [-0.25, -0.2) is 0 Å². The number of carbonyl (C=O) groups is 1. The summed E-state index contributed by atoms with van der Waals surface area (Å²) in [5, 5.41) is 0. The highest BCUT2D eigenvalue weighted by atomic mass is 16.7. The summed E-state index contributed by atoms with van der Waals surface area (Å²) in [6, 6.07) is 0. The molecule has 4 nitrogen and oxygen atoms in total. The summed E-state index contributed by atoms with van der Waals surface area (Å²) in [6.45, 7) is 26.0. The van der Waals surface area contributed by atoms with E-state index in [2.05, 4.69) is 55.4 Å². The lowest BCUT2D eigenvalue weighted by Gasteiger charge is -2.43. The first-order valence-electron chi connectivity index (χ1n) is 10.4. The summed E-state index contributed by atoms with van der Waals surface area (Å²) < 4.78 is 17.5. The minimum atomic E-state index is -0.526. The van der Waals surface area contributed by atoms with Crippen molar-refractivity contribution < 1.29 is 19.0 Å². The molecular formula is C23H46O4. The Morgan fingerprint density at radius 3 is 1.74 bits per heavy atom. The monoisotopic (exact) mass is 386 g/mol. The van der Waals surface area contributed by atoms with E-state index in [9.17, 15) is 4.79 Å². The Morgan fingerprint density at radius 2 is 1.37 bits per heavy atom. The maximum absolute atomic E-state index is 12.9. The van der Waals surface area contributed by atoms with Crippen LogP contribution in [0.25, 0.3) is 0 Å². The van der Waals surface area contributed by atoms with Crippen molar-refractivity contribution in [2.75, 3.05) is 13.2 Å². The minimum absolute atomic E-state index is 0.0545. The van der Waals surface area contributed by atoms with Gasteiger partial charge in [-0.2, -0.15) is 0 Å². The molecule has 0 aliphatic carbocycles. The number of carbonyl (C=O) groups excluding carboxylic acids is 1. The van der Waals surface area contributed by atoms with Crippen LogP contribution in [0.2, 0.25) is 0 Å². The Balaban J connectivity index is 4.63. The van der Waals surface area contributed by atoms with Crippen LogP contribution in [0.1, 0.15) is 95.9 Å². The molecule has 0 amide bonds. The second kappa shape index (κ2) is 9.73. The zero-order valence-electron chi connectivity index (χ0n) is 20.1. The topological polar surface area (TPSA) is 44.8 Å². The molecule has 0 aromatic carbocycles. The van der Waals surface area contributed by atoms with Crippen molar-refractivity contribution in [1.82, 2.24) is 0 Å². The van der Waals surface area contributed by atoms with Gasteiger partial charge in [-0.05, 0) is 44.9 Å². The number of esters is 1. The van der Waals surface area contributed by atoms with Gasteiger partial charge in [0.15, 0.2) is 6.29 Å². The van der Waals surface area contributed by atoms with Crippen LogP contribution >= 0.6 is 0 Å². The van der Waals surface area contributed by atoms with Gasteiger partial charge in [0.05, 0.1) is 24.2 Å². The van der Waals surface area contributed by atoms with Gasteiger partial charge >= 0.3 is 5.97 Å². The molecule has 2 unspecified atom stereocenters. The molecule has 2 atom stereocenters. The van der Waals surface area contributed by atoms with Gasteiger partial charge < -0.3 is 14.2 Å². The minimum Gasteiger partial charge on any atom is -0.465 e. The summed E-state index contributed by atoms with van der Waals surface area (Å²) in [5.41, 5.74) is -0.888. The summed E-state index contributed by atoms with van der Waals surface area (Å²) >= 11 is 0. The molecule has 0 rings (SSSR count). The fourth-order valence-corrected chi connectivity index (χ4v) is 3.00. The smallest absolute Gasteiger partial charge is 0.312 e. The van der Waals surface area contributed by atoms with Crippen LogP contribution in [-0.4, -0.2) is 31.1 Å². The third-order valence-corrected chi connectivity index (χ3v) is 4.81. The lowest BCUT2D eigenvalue weighted by atomic mass is 9.61. The van der Waals surface area contributed by atoms with E-state index in [1.807, 2.05) is 27.7 Å². The quantitative estimate of drug-likeness (QED) is 0.268. The van der Waals surface area contributed by atoms with E-state index in [0.29, 0.717) is 19.6 Å². The van der Waals surface area contributed by atoms with Crippen molar-refractivity contribution in [3.8, 4) is 0 Å². The average Bonchev–Trinajstić information content (AvgIpc) is 2.40. The molecule has 27 heavy (non-hydrogen) atoms. The Morgan fingerprint density at radius 1 is 0.852 bits per heavy atom. The third-order valence-electron chi connectivity index (χ3n) is 4.81. The highest BCUT2D eigenvalue weighted by Crippen LogP contribution is 2.47. The van der Waals surface area contributed by atoms with Gasteiger partial charge in [0.2, 0.25) is 0 Å². The van der Waals surface area contributed by atoms with Crippen LogP contribution in [0.15, 0.2) is 0 Å². The molecule has 0 saturated carbocycles. The van der Waals surface area contributed by atoms with Gasteiger partial charge in [0.25, 0.3) is 0 Å². The van der Waals surface area contributed by atoms with E-state index in [-0.39, 0.29) is 34.6 Å². The van der Waals surface area contributed by atoms with Crippen molar-refractivity contribution in [2.45, 2.75) is 108 Å². The van der Waals surface area contributed by atoms with Crippen LogP contribution in [0.3, 0.4) is 0 Å². The highest BCUT2D eigenvalue weighted by molar-refractivity contribution is 5.77. The highest BCUT2D eigenvalue weighted by Gasteiger charge is 2.47. The number of rotatable bonds is 9. The van der Waals surface area contributed by atoms with E-state index in [1.54, 1.807) is 0 Å². The second-order valence-electron chi connectivity index (χ2n) is 11.5. The third kappa shape index (κ3) is 9.94. The van der Waals surface area contributed by atoms with Crippen LogP contribution in [0.5, 0.6) is 0 Å². The maximum atomic E-state index is 12.9. The molecule has 0 aliphatic heterocycles. The number of hydrogen-bond donors (Lipinski definition) is 0. The van der Waals surface area contributed by atoms with E-state index in [4.69, 9.17) is 14.2 Å². The molecule has 0 fully saturated rings. The average molecular weight is 387 g/mol. The Hall–Kier alpha value is -0.610. The number of ether oxygens (including phenoxy) is 3. The van der Waals surface area contributed by atoms with Gasteiger partial charge in [-0.15, -0.1) is 0 Å². The summed E-state index contributed by atoms with van der Waals surface area (Å²) in [7, 11) is 0. The first kappa shape index (κ1) is 26.4. The van der Waals surface area contributed by atoms with Crippen molar-refractivity contribution in [2.24, 2.45) is 22.2 Å². The first-order valence-corrected chi connectivity index (χ1v) is 10.4. The molecule has 0 bridgehead atoms. The predicted octanol–water partition coefficient (Wildman–Crippen LogP) is 6.22. The lowest BCUT2D eigenvalue weighted by Crippen LogP contribution is -2.44. The van der Waals surface area contributed by atoms with Crippen molar-refractivity contribution >= 4 is 5.97 Å². The van der Waals surface area contributed by atoms with Gasteiger partial charge in [0, 0.05) is 12.3 Å². The SMILES string of the molecule is CC(C)C(OCCCOC(=O)C(C)(CC(C)(C)C)C(C)(C)C)OC(C)(C)C.